The Balaban J connectivity index is 1.40. The largest absolute Gasteiger partial charge is 0.486 e. The van der Waals surface area contributed by atoms with Gasteiger partial charge in [-0.15, -0.1) is 0 Å². The maximum Gasteiger partial charge on any atom is 0.264 e. The first-order chi connectivity index (χ1) is 24.2. The molecule has 0 spiro atoms. The molecule has 0 unspecified atom stereocenters. The Kier molecular flexibility index (Phi) is 11.2. The molecular weight excluding hydrogens is 681 g/mol. The van der Waals surface area contributed by atoms with Crippen LogP contribution in [0.1, 0.15) is 43.2 Å². The molecule has 2 amide bonds. The normalized spacial score (nSPS) is 15.2. The van der Waals surface area contributed by atoms with E-state index in [1.54, 1.807) is 24.3 Å². The van der Waals surface area contributed by atoms with Gasteiger partial charge in [-0.2, -0.15) is 0 Å². The minimum atomic E-state index is -4.44. The number of amides is 2. The molecule has 4 aromatic rings. The fraction of sp³-hybridized carbons (Fsp3) is 0.316. The van der Waals surface area contributed by atoms with Crippen LogP contribution in [0.4, 0.5) is 10.1 Å². The molecule has 1 saturated carbocycles. The molecule has 1 aliphatic heterocycles. The first-order valence-corrected chi connectivity index (χ1v) is 18.6. The van der Waals surface area contributed by atoms with Crippen molar-refractivity contribution in [3.8, 4) is 11.5 Å². The van der Waals surface area contributed by atoms with E-state index in [0.717, 1.165) is 54.1 Å². The third-order valence-corrected chi connectivity index (χ3v) is 11.2. The number of carbonyl (C=O) groups excluding carboxylic acids is 2. The fourth-order valence-corrected chi connectivity index (χ4v) is 7.98. The monoisotopic (exact) mass is 719 g/mol. The van der Waals surface area contributed by atoms with Gasteiger partial charge in [-0.1, -0.05) is 79.4 Å². The van der Waals surface area contributed by atoms with Crippen molar-refractivity contribution in [1.29, 1.82) is 0 Å². The Hall–Kier alpha value is -4.61. The van der Waals surface area contributed by atoms with Crippen molar-refractivity contribution in [3.63, 3.8) is 0 Å². The molecule has 9 nitrogen and oxygen atoms in total. The van der Waals surface area contributed by atoms with Gasteiger partial charge >= 0.3 is 0 Å². The highest BCUT2D eigenvalue weighted by molar-refractivity contribution is 7.92. The molecule has 1 fully saturated rings. The summed E-state index contributed by atoms with van der Waals surface area (Å²) < 4.78 is 55.0. The zero-order valence-electron chi connectivity index (χ0n) is 27.5. The Bertz CT molecular complexity index is 1910. The van der Waals surface area contributed by atoms with Crippen LogP contribution in [0.25, 0.3) is 0 Å². The maximum absolute atomic E-state index is 14.7. The van der Waals surface area contributed by atoms with E-state index in [1.807, 2.05) is 30.3 Å². The van der Waals surface area contributed by atoms with Crippen molar-refractivity contribution in [2.45, 2.75) is 62.0 Å². The predicted octanol–water partition coefficient (Wildman–Crippen LogP) is 6.53. The summed E-state index contributed by atoms with van der Waals surface area (Å²) in [6.45, 7) is -0.168. The number of nitrogens with zero attached hydrogens (tertiary/aromatic N) is 2. The Labute approximate surface area is 297 Å². The number of nitrogens with one attached hydrogen (secondary N) is 1. The molecule has 50 heavy (non-hydrogen) atoms. The minimum absolute atomic E-state index is 0.0295. The number of anilines is 1. The van der Waals surface area contributed by atoms with E-state index in [0.29, 0.717) is 22.9 Å². The van der Waals surface area contributed by atoms with Crippen molar-refractivity contribution >= 4 is 39.1 Å². The molecule has 0 aromatic heterocycles. The third kappa shape index (κ3) is 8.39. The topological polar surface area (TPSA) is 105 Å². The Morgan fingerprint density at radius 1 is 0.860 bits per heavy atom. The third-order valence-electron chi connectivity index (χ3n) is 9.02. The van der Waals surface area contributed by atoms with Gasteiger partial charge in [0.2, 0.25) is 11.8 Å². The average Bonchev–Trinajstić information content (AvgIpc) is 3.13. The van der Waals surface area contributed by atoms with Gasteiger partial charge in [0.15, 0.2) is 11.5 Å². The summed E-state index contributed by atoms with van der Waals surface area (Å²) >= 11 is 6.60. The second kappa shape index (κ2) is 15.9. The first-order valence-electron chi connectivity index (χ1n) is 16.7. The summed E-state index contributed by atoms with van der Waals surface area (Å²) in [6.07, 6.45) is 4.97. The van der Waals surface area contributed by atoms with E-state index in [4.69, 9.17) is 21.1 Å². The highest BCUT2D eigenvalue weighted by atomic mass is 35.5. The molecule has 4 aromatic carbocycles. The highest BCUT2D eigenvalue weighted by Crippen LogP contribution is 2.34. The molecule has 2 aliphatic rings. The van der Waals surface area contributed by atoms with Gasteiger partial charge in [0.1, 0.15) is 31.6 Å². The van der Waals surface area contributed by atoms with Crippen LogP contribution in [-0.4, -0.2) is 57.0 Å². The lowest BCUT2D eigenvalue weighted by molar-refractivity contribution is -0.140. The summed E-state index contributed by atoms with van der Waals surface area (Å²) in [4.78, 5) is 30.2. The molecule has 1 atom stereocenters. The summed E-state index contributed by atoms with van der Waals surface area (Å²) in [6, 6.07) is 24.4. The average molecular weight is 720 g/mol. The van der Waals surface area contributed by atoms with Gasteiger partial charge in [0.05, 0.1) is 10.6 Å². The van der Waals surface area contributed by atoms with Gasteiger partial charge < -0.3 is 19.7 Å². The number of ether oxygens (including phenoxy) is 2. The second-order valence-corrected chi connectivity index (χ2v) is 14.7. The van der Waals surface area contributed by atoms with Crippen LogP contribution in [0, 0.1) is 5.82 Å². The molecule has 0 radical (unpaired) electrons. The lowest BCUT2D eigenvalue weighted by Gasteiger charge is -2.35. The lowest BCUT2D eigenvalue weighted by Crippen LogP contribution is -2.55. The van der Waals surface area contributed by atoms with Gasteiger partial charge in [0, 0.05) is 30.1 Å². The standard InChI is InChI=1S/C38H39ClFN3O6S/c39-33-14-8-7-11-28(33)25-42(34(23-27-9-3-1-4-10-27)38(45)41-30-12-5-2-6-13-30)37(44)26-43(31-17-15-29(40)16-18-31)50(46,47)32-19-20-35-36(24-32)49-22-21-48-35/h1,3-4,7-11,14-20,24,30,34H,2,5-6,12-13,21-23,25-26H2,(H,41,45)/t34-/m0/s1. The van der Waals surface area contributed by atoms with Crippen molar-refractivity contribution in [2.75, 3.05) is 24.1 Å². The van der Waals surface area contributed by atoms with Crippen LogP contribution in [0.3, 0.4) is 0 Å². The smallest absolute Gasteiger partial charge is 0.264 e. The number of fused-ring (bicyclic) bond motifs is 1. The fourth-order valence-electron chi connectivity index (χ4n) is 6.36. The van der Waals surface area contributed by atoms with E-state index < -0.39 is 34.3 Å². The highest BCUT2D eigenvalue weighted by Gasteiger charge is 2.36. The van der Waals surface area contributed by atoms with Gasteiger partial charge in [-0.05, 0) is 66.4 Å². The van der Waals surface area contributed by atoms with Crippen LogP contribution < -0.4 is 19.1 Å². The van der Waals surface area contributed by atoms with Gasteiger partial charge in [-0.25, -0.2) is 12.8 Å². The summed E-state index contributed by atoms with van der Waals surface area (Å²) in [5, 5.41) is 3.59. The van der Waals surface area contributed by atoms with E-state index in [-0.39, 0.29) is 47.9 Å². The molecular formula is C38H39ClFN3O6S. The molecule has 6 rings (SSSR count). The number of sulfonamides is 1. The van der Waals surface area contributed by atoms with Crippen molar-refractivity contribution in [3.05, 3.63) is 119 Å². The van der Waals surface area contributed by atoms with Crippen LogP contribution in [0.5, 0.6) is 11.5 Å². The number of rotatable bonds is 12. The Morgan fingerprint density at radius 2 is 1.54 bits per heavy atom. The summed E-state index contributed by atoms with van der Waals surface area (Å²) in [7, 11) is -4.44. The van der Waals surface area contributed by atoms with Gasteiger partial charge in [-0.3, -0.25) is 13.9 Å². The van der Waals surface area contributed by atoms with Crippen molar-refractivity contribution in [2.24, 2.45) is 0 Å². The number of benzene rings is 4. The summed E-state index contributed by atoms with van der Waals surface area (Å²) in [5.74, 6) is -0.887. The molecule has 0 saturated heterocycles. The van der Waals surface area contributed by atoms with Crippen LogP contribution in [-0.2, 0) is 32.6 Å². The Morgan fingerprint density at radius 3 is 2.26 bits per heavy atom. The second-order valence-electron chi connectivity index (χ2n) is 12.5. The van der Waals surface area contributed by atoms with E-state index >= 15 is 0 Å². The quantitative estimate of drug-likeness (QED) is 0.179. The molecule has 1 aliphatic carbocycles. The molecule has 1 N–H and O–H groups in total. The zero-order valence-corrected chi connectivity index (χ0v) is 29.0. The predicted molar refractivity (Wildman–Crippen MR) is 189 cm³/mol. The first kappa shape index (κ1) is 35.2. The zero-order chi connectivity index (χ0) is 35.1. The van der Waals surface area contributed by atoms with Crippen LogP contribution in [0.15, 0.2) is 102 Å². The molecule has 1 heterocycles. The molecule has 262 valence electrons. The molecule has 12 heteroatoms. The SMILES string of the molecule is O=C(NC1CCCCC1)[C@H](Cc1ccccc1)N(Cc1ccccc1Cl)C(=O)CN(c1ccc(F)cc1)S(=O)(=O)c1ccc2c(c1)OCCO2. The lowest BCUT2D eigenvalue weighted by atomic mass is 9.94. The van der Waals surface area contributed by atoms with E-state index in [9.17, 15) is 22.4 Å². The van der Waals surface area contributed by atoms with E-state index in [1.165, 1.54) is 35.2 Å². The van der Waals surface area contributed by atoms with Crippen LogP contribution >= 0.6 is 11.6 Å². The van der Waals surface area contributed by atoms with Crippen molar-refractivity contribution in [1.82, 2.24) is 10.2 Å². The van der Waals surface area contributed by atoms with Crippen LogP contribution in [0.2, 0.25) is 5.02 Å². The van der Waals surface area contributed by atoms with Gasteiger partial charge in [0.25, 0.3) is 10.0 Å². The van der Waals surface area contributed by atoms with Crippen molar-refractivity contribution < 1.29 is 31.9 Å². The maximum atomic E-state index is 14.7. The van der Waals surface area contributed by atoms with E-state index in [2.05, 4.69) is 5.32 Å². The number of halogens is 2. The number of hydrogen-bond acceptors (Lipinski definition) is 6. The number of carbonyl (C=O) groups is 2. The molecule has 0 bridgehead atoms. The number of hydrogen-bond donors (Lipinski definition) is 1. The minimum Gasteiger partial charge on any atom is -0.486 e. The summed E-state index contributed by atoms with van der Waals surface area (Å²) in [5.41, 5.74) is 1.49.